The van der Waals surface area contributed by atoms with Crippen LogP contribution >= 0.6 is 0 Å². The average molecular weight is 253 g/mol. The molecule has 1 heterocycles. The van der Waals surface area contributed by atoms with Crippen LogP contribution in [0.25, 0.3) is 0 Å². The van der Waals surface area contributed by atoms with E-state index in [1.807, 2.05) is 19.1 Å². The van der Waals surface area contributed by atoms with E-state index in [4.69, 9.17) is 0 Å². The SMILES string of the molecule is Cc1cc(C2CCCCN2)ccc1S(C)(=O)=O. The molecular formula is C13H19NO2S. The molecule has 1 atom stereocenters. The van der Waals surface area contributed by atoms with E-state index in [9.17, 15) is 8.42 Å². The maximum atomic E-state index is 11.5. The Hall–Kier alpha value is -0.870. The highest BCUT2D eigenvalue weighted by Crippen LogP contribution is 2.26. The van der Waals surface area contributed by atoms with Crippen LogP contribution in [0.2, 0.25) is 0 Å². The summed E-state index contributed by atoms with van der Waals surface area (Å²) in [4.78, 5) is 0.442. The summed E-state index contributed by atoms with van der Waals surface area (Å²) in [5.41, 5.74) is 2.05. The number of piperidine rings is 1. The van der Waals surface area contributed by atoms with E-state index in [-0.39, 0.29) is 0 Å². The second-order valence-electron chi connectivity index (χ2n) is 4.80. The first-order chi connectivity index (χ1) is 7.98. The predicted octanol–water partition coefficient (Wildman–Crippen LogP) is 2.21. The van der Waals surface area contributed by atoms with Gasteiger partial charge in [0.15, 0.2) is 9.84 Å². The fourth-order valence-corrected chi connectivity index (χ4v) is 3.40. The van der Waals surface area contributed by atoms with E-state index in [2.05, 4.69) is 5.32 Å². The summed E-state index contributed by atoms with van der Waals surface area (Å²) >= 11 is 0. The molecule has 0 spiro atoms. The van der Waals surface area contributed by atoms with Crippen molar-refractivity contribution >= 4 is 9.84 Å². The van der Waals surface area contributed by atoms with E-state index in [0.29, 0.717) is 10.9 Å². The third-order valence-corrected chi connectivity index (χ3v) is 4.57. The van der Waals surface area contributed by atoms with Gasteiger partial charge in [-0.05, 0) is 43.5 Å². The van der Waals surface area contributed by atoms with Crippen LogP contribution in [0.5, 0.6) is 0 Å². The van der Waals surface area contributed by atoms with Gasteiger partial charge in [0.2, 0.25) is 0 Å². The molecule has 1 aromatic rings. The summed E-state index contributed by atoms with van der Waals surface area (Å²) < 4.78 is 23.1. The zero-order valence-corrected chi connectivity index (χ0v) is 11.2. The van der Waals surface area contributed by atoms with Crippen molar-refractivity contribution in [3.05, 3.63) is 29.3 Å². The molecule has 0 amide bonds. The Balaban J connectivity index is 2.30. The van der Waals surface area contributed by atoms with E-state index in [0.717, 1.165) is 18.5 Å². The van der Waals surface area contributed by atoms with Crippen molar-refractivity contribution in [1.82, 2.24) is 5.32 Å². The molecule has 1 aromatic carbocycles. The highest BCUT2D eigenvalue weighted by atomic mass is 32.2. The van der Waals surface area contributed by atoms with Gasteiger partial charge in [-0.2, -0.15) is 0 Å². The van der Waals surface area contributed by atoms with Gasteiger partial charge in [-0.15, -0.1) is 0 Å². The summed E-state index contributed by atoms with van der Waals surface area (Å²) in [5, 5.41) is 3.47. The predicted molar refractivity (Wildman–Crippen MR) is 68.9 cm³/mol. The molecule has 0 saturated carbocycles. The van der Waals surface area contributed by atoms with Gasteiger partial charge in [0.1, 0.15) is 0 Å². The molecule has 94 valence electrons. The molecule has 1 saturated heterocycles. The maximum Gasteiger partial charge on any atom is 0.175 e. The lowest BCUT2D eigenvalue weighted by Gasteiger charge is -2.24. The van der Waals surface area contributed by atoms with Gasteiger partial charge in [0.05, 0.1) is 4.90 Å². The molecule has 1 fully saturated rings. The molecule has 0 aliphatic carbocycles. The molecule has 0 radical (unpaired) electrons. The van der Waals surface area contributed by atoms with E-state index >= 15 is 0 Å². The molecule has 0 bridgehead atoms. The second-order valence-corrected chi connectivity index (χ2v) is 6.78. The number of rotatable bonds is 2. The van der Waals surface area contributed by atoms with E-state index in [1.165, 1.54) is 24.7 Å². The van der Waals surface area contributed by atoms with Gasteiger partial charge in [0, 0.05) is 12.3 Å². The highest BCUT2D eigenvalue weighted by molar-refractivity contribution is 7.90. The lowest BCUT2D eigenvalue weighted by atomic mass is 9.96. The first-order valence-electron chi connectivity index (χ1n) is 6.02. The Kier molecular flexibility index (Phi) is 3.54. The van der Waals surface area contributed by atoms with E-state index < -0.39 is 9.84 Å². The van der Waals surface area contributed by atoms with Gasteiger partial charge < -0.3 is 5.32 Å². The Morgan fingerprint density at radius 1 is 1.29 bits per heavy atom. The molecule has 2 rings (SSSR count). The quantitative estimate of drug-likeness (QED) is 0.879. The van der Waals surface area contributed by atoms with Crippen molar-refractivity contribution in [2.24, 2.45) is 0 Å². The van der Waals surface area contributed by atoms with Crippen molar-refractivity contribution in [2.75, 3.05) is 12.8 Å². The number of nitrogens with one attached hydrogen (secondary N) is 1. The third-order valence-electron chi connectivity index (χ3n) is 3.31. The molecule has 4 heteroatoms. The molecule has 1 unspecified atom stereocenters. The first-order valence-corrected chi connectivity index (χ1v) is 7.91. The summed E-state index contributed by atoms with van der Waals surface area (Å²) in [6.07, 6.45) is 4.87. The molecule has 0 aromatic heterocycles. The lowest BCUT2D eigenvalue weighted by molar-refractivity contribution is 0.412. The topological polar surface area (TPSA) is 46.2 Å². The Morgan fingerprint density at radius 2 is 2.06 bits per heavy atom. The number of aryl methyl sites for hydroxylation is 1. The third kappa shape index (κ3) is 2.87. The molecule has 1 aliphatic heterocycles. The Labute approximate surface area is 103 Å². The van der Waals surface area contributed by atoms with Crippen LogP contribution in [0.4, 0.5) is 0 Å². The number of hydrogen-bond acceptors (Lipinski definition) is 3. The molecule has 17 heavy (non-hydrogen) atoms. The minimum absolute atomic E-state index is 0.385. The highest BCUT2D eigenvalue weighted by Gasteiger charge is 2.17. The first kappa shape index (κ1) is 12.6. The van der Waals surface area contributed by atoms with Crippen LogP contribution < -0.4 is 5.32 Å². The summed E-state index contributed by atoms with van der Waals surface area (Å²) in [7, 11) is -3.10. The van der Waals surface area contributed by atoms with Crippen molar-refractivity contribution in [3.8, 4) is 0 Å². The van der Waals surface area contributed by atoms with E-state index in [1.54, 1.807) is 6.07 Å². The number of benzene rings is 1. The molecule has 1 N–H and O–H groups in total. The van der Waals surface area contributed by atoms with Gasteiger partial charge >= 0.3 is 0 Å². The van der Waals surface area contributed by atoms with Crippen LogP contribution in [0.15, 0.2) is 23.1 Å². The zero-order valence-electron chi connectivity index (χ0n) is 10.4. The molecular weight excluding hydrogens is 234 g/mol. The number of sulfone groups is 1. The Morgan fingerprint density at radius 3 is 2.59 bits per heavy atom. The maximum absolute atomic E-state index is 11.5. The van der Waals surface area contributed by atoms with Crippen LogP contribution in [0.1, 0.15) is 36.4 Å². The van der Waals surface area contributed by atoms with Crippen LogP contribution in [0.3, 0.4) is 0 Å². The zero-order chi connectivity index (χ0) is 12.5. The molecule has 3 nitrogen and oxygen atoms in total. The van der Waals surface area contributed by atoms with Gasteiger partial charge in [0.25, 0.3) is 0 Å². The summed E-state index contributed by atoms with van der Waals surface area (Å²) in [5.74, 6) is 0. The van der Waals surface area contributed by atoms with Crippen molar-refractivity contribution in [3.63, 3.8) is 0 Å². The smallest absolute Gasteiger partial charge is 0.175 e. The fourth-order valence-electron chi connectivity index (χ4n) is 2.44. The average Bonchev–Trinajstić information content (AvgIpc) is 2.28. The minimum atomic E-state index is -3.10. The fraction of sp³-hybridized carbons (Fsp3) is 0.538. The van der Waals surface area contributed by atoms with Crippen LogP contribution in [0, 0.1) is 6.92 Å². The monoisotopic (exact) mass is 253 g/mol. The van der Waals surface area contributed by atoms with Crippen LogP contribution in [-0.2, 0) is 9.84 Å². The van der Waals surface area contributed by atoms with Crippen LogP contribution in [-0.4, -0.2) is 21.2 Å². The second kappa shape index (κ2) is 4.78. The van der Waals surface area contributed by atoms with Crippen molar-refractivity contribution in [2.45, 2.75) is 37.1 Å². The minimum Gasteiger partial charge on any atom is -0.310 e. The summed E-state index contributed by atoms with van der Waals surface area (Å²) in [6, 6.07) is 6.05. The normalized spacial score (nSPS) is 21.4. The van der Waals surface area contributed by atoms with Crippen molar-refractivity contribution < 1.29 is 8.42 Å². The van der Waals surface area contributed by atoms with Crippen molar-refractivity contribution in [1.29, 1.82) is 0 Å². The Bertz CT molecular complexity index is 502. The lowest BCUT2D eigenvalue weighted by Crippen LogP contribution is -2.26. The number of hydrogen-bond donors (Lipinski definition) is 1. The van der Waals surface area contributed by atoms with Gasteiger partial charge in [-0.25, -0.2) is 8.42 Å². The standard InChI is InChI=1S/C13H19NO2S/c1-10-9-11(12-5-3-4-8-14-12)6-7-13(10)17(2,15)16/h6-7,9,12,14H,3-5,8H2,1-2H3. The summed E-state index contributed by atoms with van der Waals surface area (Å²) in [6.45, 7) is 2.92. The largest absolute Gasteiger partial charge is 0.310 e. The van der Waals surface area contributed by atoms with Gasteiger partial charge in [-0.3, -0.25) is 0 Å². The molecule has 1 aliphatic rings. The van der Waals surface area contributed by atoms with Gasteiger partial charge in [-0.1, -0.05) is 18.6 Å².